The third-order valence-electron chi connectivity index (χ3n) is 6.10. The summed E-state index contributed by atoms with van der Waals surface area (Å²) in [6.45, 7) is 2.34. The molecule has 150 valence electrons. The third kappa shape index (κ3) is 2.62. The predicted octanol–water partition coefficient (Wildman–Crippen LogP) is 2.07. The summed E-state index contributed by atoms with van der Waals surface area (Å²) in [5.41, 5.74) is 0.482. The molecule has 0 saturated carbocycles. The maximum absolute atomic E-state index is 13.5. The van der Waals surface area contributed by atoms with Crippen molar-refractivity contribution in [3.05, 3.63) is 59.8 Å². The van der Waals surface area contributed by atoms with E-state index in [1.807, 2.05) is 12.2 Å². The Hall–Kier alpha value is -3.00. The van der Waals surface area contributed by atoms with E-state index in [9.17, 15) is 14.0 Å². The number of anilines is 1. The molecule has 1 aromatic heterocycles. The minimum absolute atomic E-state index is 0.169. The Kier molecular flexibility index (Phi) is 3.89. The van der Waals surface area contributed by atoms with Gasteiger partial charge in [0, 0.05) is 18.8 Å². The molecule has 2 unspecified atom stereocenters. The number of rotatable bonds is 4. The number of hydrogen-bond acceptors (Lipinski definition) is 5. The molecular weight excluding hydrogens is 377 g/mol. The molecule has 7 nitrogen and oxygen atoms in total. The van der Waals surface area contributed by atoms with Crippen molar-refractivity contribution in [2.24, 2.45) is 11.8 Å². The fourth-order valence-corrected chi connectivity index (χ4v) is 4.80. The van der Waals surface area contributed by atoms with Crippen molar-refractivity contribution in [2.75, 3.05) is 18.5 Å². The van der Waals surface area contributed by atoms with Gasteiger partial charge in [0.15, 0.2) is 5.76 Å². The average Bonchev–Trinajstić information content (AvgIpc) is 3.44. The first-order valence-corrected chi connectivity index (χ1v) is 9.49. The quantitative estimate of drug-likeness (QED) is 0.739. The zero-order valence-corrected chi connectivity index (χ0v) is 16.0. The van der Waals surface area contributed by atoms with E-state index in [0.29, 0.717) is 23.6 Å². The van der Waals surface area contributed by atoms with Crippen LogP contribution < -0.4 is 4.90 Å². The predicted molar refractivity (Wildman–Crippen MR) is 100 cm³/mol. The average molecular weight is 397 g/mol. The summed E-state index contributed by atoms with van der Waals surface area (Å²) in [7, 11) is 1.68. The first-order valence-electron chi connectivity index (χ1n) is 9.49. The number of nitrogens with zero attached hydrogens (tertiary/aromatic N) is 3. The van der Waals surface area contributed by atoms with Gasteiger partial charge in [0.25, 0.3) is 0 Å². The van der Waals surface area contributed by atoms with Gasteiger partial charge in [-0.2, -0.15) is 0 Å². The van der Waals surface area contributed by atoms with Crippen LogP contribution in [0.15, 0.2) is 47.1 Å². The zero-order valence-electron chi connectivity index (χ0n) is 16.0. The maximum Gasteiger partial charge on any atom is 0.234 e. The largest absolute Gasteiger partial charge is 0.360 e. The Morgan fingerprint density at radius 3 is 2.97 bits per heavy atom. The van der Waals surface area contributed by atoms with Crippen LogP contribution in [0.5, 0.6) is 0 Å². The molecule has 1 aromatic carbocycles. The Morgan fingerprint density at radius 2 is 2.24 bits per heavy atom. The summed E-state index contributed by atoms with van der Waals surface area (Å²) < 4.78 is 24.8. The van der Waals surface area contributed by atoms with Crippen LogP contribution in [0.3, 0.4) is 0 Å². The molecule has 0 aliphatic carbocycles. The van der Waals surface area contributed by atoms with Crippen molar-refractivity contribution in [3.8, 4) is 0 Å². The highest BCUT2D eigenvalue weighted by atomic mass is 19.1. The van der Waals surface area contributed by atoms with Crippen LogP contribution in [0.1, 0.15) is 11.3 Å². The van der Waals surface area contributed by atoms with Crippen LogP contribution >= 0.6 is 0 Å². The van der Waals surface area contributed by atoms with Crippen molar-refractivity contribution in [1.29, 1.82) is 0 Å². The summed E-state index contributed by atoms with van der Waals surface area (Å²) in [4.78, 5) is 29.8. The van der Waals surface area contributed by atoms with Crippen molar-refractivity contribution < 1.29 is 23.2 Å². The molecule has 1 spiro atoms. The SMILES string of the molecule is Cc1cc(F)ccc1N1C[C@]23C=C[C@H](O2)C(C(=O)N(C)Cc2ccno2)C3C1=O. The topological polar surface area (TPSA) is 75.9 Å². The summed E-state index contributed by atoms with van der Waals surface area (Å²) in [6, 6.07) is 6.03. The molecule has 0 N–H and O–H groups in total. The standard InChI is InChI=1S/C21H20FN3O4/c1-12-9-13(22)3-4-15(12)25-11-21-7-5-16(28-21)17(18(21)20(25)27)19(26)24(2)10-14-6-8-23-29-14/h3-9,16-18H,10-11H2,1-2H3/t16-,17?,18?,21-/m0/s1. The monoisotopic (exact) mass is 397 g/mol. The number of carbonyl (C=O) groups is 2. The molecule has 2 aromatic rings. The minimum Gasteiger partial charge on any atom is -0.360 e. The van der Waals surface area contributed by atoms with E-state index >= 15 is 0 Å². The molecule has 2 amide bonds. The smallest absolute Gasteiger partial charge is 0.234 e. The molecule has 2 saturated heterocycles. The maximum atomic E-state index is 13.5. The van der Waals surface area contributed by atoms with E-state index in [1.165, 1.54) is 23.2 Å². The Bertz CT molecular complexity index is 1020. The highest BCUT2D eigenvalue weighted by Gasteiger charge is 2.67. The number of amides is 2. The van der Waals surface area contributed by atoms with Gasteiger partial charge in [0.05, 0.1) is 37.2 Å². The second-order valence-corrected chi connectivity index (χ2v) is 7.93. The van der Waals surface area contributed by atoms with Gasteiger partial charge in [-0.05, 0) is 30.7 Å². The highest BCUT2D eigenvalue weighted by molar-refractivity contribution is 6.03. The lowest BCUT2D eigenvalue weighted by Crippen LogP contribution is -2.44. The first-order chi connectivity index (χ1) is 13.9. The van der Waals surface area contributed by atoms with Gasteiger partial charge in [-0.3, -0.25) is 9.59 Å². The van der Waals surface area contributed by atoms with Gasteiger partial charge in [0.2, 0.25) is 11.8 Å². The van der Waals surface area contributed by atoms with Gasteiger partial charge in [0.1, 0.15) is 11.4 Å². The number of carbonyl (C=O) groups excluding carboxylic acids is 2. The molecule has 2 bridgehead atoms. The summed E-state index contributed by atoms with van der Waals surface area (Å²) in [5, 5.41) is 3.66. The Balaban J connectivity index is 1.44. The van der Waals surface area contributed by atoms with Crippen LogP contribution in [-0.4, -0.2) is 47.2 Å². The van der Waals surface area contributed by atoms with E-state index in [1.54, 1.807) is 31.0 Å². The number of halogens is 1. The molecule has 3 aliphatic rings. The van der Waals surface area contributed by atoms with E-state index in [-0.39, 0.29) is 24.2 Å². The van der Waals surface area contributed by atoms with Crippen molar-refractivity contribution in [2.45, 2.75) is 25.2 Å². The van der Waals surface area contributed by atoms with Crippen LogP contribution in [0, 0.1) is 24.6 Å². The van der Waals surface area contributed by atoms with Crippen LogP contribution in [0.25, 0.3) is 0 Å². The lowest BCUT2D eigenvalue weighted by molar-refractivity contribution is -0.139. The van der Waals surface area contributed by atoms with Gasteiger partial charge in [-0.1, -0.05) is 17.3 Å². The van der Waals surface area contributed by atoms with Crippen molar-refractivity contribution in [3.63, 3.8) is 0 Å². The second kappa shape index (κ2) is 6.25. The summed E-state index contributed by atoms with van der Waals surface area (Å²) in [6.07, 6.45) is 4.87. The molecule has 0 radical (unpaired) electrons. The number of hydrogen-bond donors (Lipinski definition) is 0. The molecule has 4 atom stereocenters. The van der Waals surface area contributed by atoms with Gasteiger partial charge < -0.3 is 19.1 Å². The zero-order chi connectivity index (χ0) is 20.3. The Morgan fingerprint density at radius 1 is 1.41 bits per heavy atom. The first kappa shape index (κ1) is 18.1. The van der Waals surface area contributed by atoms with Gasteiger partial charge in [-0.25, -0.2) is 4.39 Å². The van der Waals surface area contributed by atoms with Crippen LogP contribution in [-0.2, 0) is 20.9 Å². The molecule has 8 heteroatoms. The van der Waals surface area contributed by atoms with Crippen molar-refractivity contribution >= 4 is 17.5 Å². The van der Waals surface area contributed by atoms with Gasteiger partial charge >= 0.3 is 0 Å². The molecule has 2 fully saturated rings. The molecule has 5 rings (SSSR count). The number of aromatic nitrogens is 1. The molecule has 3 aliphatic heterocycles. The van der Waals surface area contributed by atoms with E-state index in [0.717, 1.165) is 0 Å². The summed E-state index contributed by atoms with van der Waals surface area (Å²) >= 11 is 0. The van der Waals surface area contributed by atoms with Crippen LogP contribution in [0.4, 0.5) is 10.1 Å². The third-order valence-corrected chi connectivity index (χ3v) is 6.10. The Labute approximate surface area is 166 Å². The lowest BCUT2D eigenvalue weighted by Gasteiger charge is -2.27. The minimum atomic E-state index is -0.823. The molecule has 4 heterocycles. The van der Waals surface area contributed by atoms with Crippen LogP contribution in [0.2, 0.25) is 0 Å². The van der Waals surface area contributed by atoms with Crippen molar-refractivity contribution in [1.82, 2.24) is 10.1 Å². The fourth-order valence-electron chi connectivity index (χ4n) is 4.80. The number of benzene rings is 1. The number of aryl methyl sites for hydroxylation is 1. The second-order valence-electron chi connectivity index (χ2n) is 7.93. The van der Waals surface area contributed by atoms with Gasteiger partial charge in [-0.15, -0.1) is 0 Å². The van der Waals surface area contributed by atoms with E-state index in [2.05, 4.69) is 5.16 Å². The molecular formula is C21H20FN3O4. The molecule has 29 heavy (non-hydrogen) atoms. The number of ether oxygens (including phenoxy) is 1. The van der Waals surface area contributed by atoms with E-state index in [4.69, 9.17) is 9.26 Å². The van der Waals surface area contributed by atoms with E-state index < -0.39 is 23.5 Å². The normalized spacial score (nSPS) is 29.6. The fraction of sp³-hybridized carbons (Fsp3) is 0.381. The highest BCUT2D eigenvalue weighted by Crippen LogP contribution is 2.53. The lowest BCUT2D eigenvalue weighted by atomic mass is 9.76. The number of fused-ring (bicyclic) bond motifs is 1. The summed E-state index contributed by atoms with van der Waals surface area (Å²) in [5.74, 6) is -1.34.